The molecule has 0 spiro atoms. The minimum atomic E-state index is -0.992. The highest BCUT2D eigenvalue weighted by Gasteiger charge is 2.42. The number of aryl methyl sites for hydroxylation is 1. The summed E-state index contributed by atoms with van der Waals surface area (Å²) < 4.78 is 16.8. The van der Waals surface area contributed by atoms with Gasteiger partial charge in [-0.1, -0.05) is 60.2 Å². The number of carboxylic acids is 1. The Morgan fingerprint density at radius 1 is 1.00 bits per heavy atom. The van der Waals surface area contributed by atoms with Crippen LogP contribution in [0.25, 0.3) is 11.1 Å². The van der Waals surface area contributed by atoms with Crippen LogP contribution in [0.1, 0.15) is 16.7 Å². The van der Waals surface area contributed by atoms with Crippen molar-refractivity contribution in [1.29, 1.82) is 0 Å². The summed E-state index contributed by atoms with van der Waals surface area (Å²) in [5.41, 5.74) is 4.88. The normalized spacial score (nSPS) is 14.7. The fourth-order valence-corrected chi connectivity index (χ4v) is 3.43. The van der Waals surface area contributed by atoms with E-state index in [0.29, 0.717) is 19.8 Å². The first-order chi connectivity index (χ1) is 14.5. The second-order valence-electron chi connectivity index (χ2n) is 7.55. The molecule has 5 heteroatoms. The van der Waals surface area contributed by atoms with Crippen LogP contribution in [0, 0.1) is 6.92 Å². The van der Waals surface area contributed by atoms with Crippen LogP contribution >= 0.6 is 0 Å². The molecule has 30 heavy (non-hydrogen) atoms. The number of rotatable bonds is 8. The molecule has 1 saturated heterocycles. The fourth-order valence-electron chi connectivity index (χ4n) is 3.43. The van der Waals surface area contributed by atoms with Crippen molar-refractivity contribution in [3.8, 4) is 16.9 Å². The average molecular weight is 404 g/mol. The van der Waals surface area contributed by atoms with Crippen molar-refractivity contribution in [3.05, 3.63) is 89.5 Å². The third kappa shape index (κ3) is 4.53. The van der Waals surface area contributed by atoms with Crippen molar-refractivity contribution in [2.45, 2.75) is 19.1 Å². The Labute approximate surface area is 175 Å². The number of hydrogen-bond donors (Lipinski definition) is 1. The molecule has 0 amide bonds. The molecule has 3 aromatic rings. The average Bonchev–Trinajstić information content (AvgIpc) is 2.73. The first kappa shape index (κ1) is 20.1. The molecule has 154 valence electrons. The molecule has 4 rings (SSSR count). The maximum Gasteiger partial charge on any atom is 0.329 e. The van der Waals surface area contributed by atoms with Crippen molar-refractivity contribution in [2.75, 3.05) is 19.8 Å². The van der Waals surface area contributed by atoms with Crippen molar-refractivity contribution >= 4 is 5.97 Å². The molecule has 5 nitrogen and oxygen atoms in total. The molecule has 0 aromatic heterocycles. The molecule has 1 aliphatic heterocycles. The Hall–Kier alpha value is -3.15. The third-order valence-electron chi connectivity index (χ3n) is 5.24. The smallest absolute Gasteiger partial charge is 0.329 e. The van der Waals surface area contributed by atoms with E-state index in [9.17, 15) is 4.79 Å². The summed E-state index contributed by atoms with van der Waals surface area (Å²) >= 11 is 0. The maximum absolute atomic E-state index is 10.8. The van der Waals surface area contributed by atoms with E-state index in [4.69, 9.17) is 19.3 Å². The van der Waals surface area contributed by atoms with E-state index in [0.717, 1.165) is 22.4 Å². The molecule has 0 atom stereocenters. The summed E-state index contributed by atoms with van der Waals surface area (Å²) in [5.74, 6) is -0.248. The summed E-state index contributed by atoms with van der Waals surface area (Å²) in [5, 5.41) is 8.88. The second-order valence-corrected chi connectivity index (χ2v) is 7.55. The molecule has 3 aromatic carbocycles. The molecule has 0 saturated carbocycles. The summed E-state index contributed by atoms with van der Waals surface area (Å²) in [6, 6.07) is 24.4. The lowest BCUT2D eigenvalue weighted by Gasteiger charge is -2.41. The van der Waals surface area contributed by atoms with Crippen LogP contribution in [0.4, 0.5) is 0 Å². The van der Waals surface area contributed by atoms with Crippen LogP contribution in [0.2, 0.25) is 0 Å². The summed E-state index contributed by atoms with van der Waals surface area (Å²) in [6.07, 6.45) is 0. The Morgan fingerprint density at radius 3 is 2.37 bits per heavy atom. The Kier molecular flexibility index (Phi) is 5.84. The van der Waals surface area contributed by atoms with Crippen LogP contribution in [0.5, 0.6) is 5.75 Å². The van der Waals surface area contributed by atoms with Gasteiger partial charge in [-0.05, 0) is 47.4 Å². The van der Waals surface area contributed by atoms with Gasteiger partial charge < -0.3 is 19.3 Å². The van der Waals surface area contributed by atoms with E-state index in [2.05, 4.69) is 43.3 Å². The maximum atomic E-state index is 10.8. The van der Waals surface area contributed by atoms with Crippen LogP contribution in [-0.2, 0) is 26.5 Å². The van der Waals surface area contributed by atoms with Gasteiger partial charge in [0, 0.05) is 0 Å². The molecule has 0 aliphatic carbocycles. The lowest BCUT2D eigenvalue weighted by Crippen LogP contribution is -2.49. The number of benzene rings is 3. The molecule has 1 N–H and O–H groups in total. The van der Waals surface area contributed by atoms with E-state index in [1.54, 1.807) is 0 Å². The molecule has 1 fully saturated rings. The van der Waals surface area contributed by atoms with Gasteiger partial charge in [0.05, 0.1) is 13.2 Å². The van der Waals surface area contributed by atoms with E-state index >= 15 is 0 Å². The largest absolute Gasteiger partial charge is 0.489 e. The van der Waals surface area contributed by atoms with Gasteiger partial charge in [-0.2, -0.15) is 0 Å². The van der Waals surface area contributed by atoms with Gasteiger partial charge >= 0.3 is 5.97 Å². The van der Waals surface area contributed by atoms with Crippen molar-refractivity contribution in [3.63, 3.8) is 0 Å². The molecule has 0 bridgehead atoms. The zero-order valence-electron chi connectivity index (χ0n) is 16.8. The molecule has 1 aliphatic rings. The van der Waals surface area contributed by atoms with Crippen LogP contribution < -0.4 is 4.74 Å². The van der Waals surface area contributed by atoms with E-state index in [1.165, 1.54) is 11.1 Å². The minimum absolute atomic E-state index is 0.348. The number of ether oxygens (including phenoxy) is 3. The van der Waals surface area contributed by atoms with E-state index in [-0.39, 0.29) is 6.61 Å². The summed E-state index contributed by atoms with van der Waals surface area (Å²) in [4.78, 5) is 10.8. The lowest BCUT2D eigenvalue weighted by molar-refractivity contribution is -0.220. The van der Waals surface area contributed by atoms with Gasteiger partial charge in [0.1, 0.15) is 24.6 Å². The highest BCUT2D eigenvalue weighted by molar-refractivity contribution is 5.68. The third-order valence-corrected chi connectivity index (χ3v) is 5.24. The first-order valence-electron chi connectivity index (χ1n) is 9.87. The monoisotopic (exact) mass is 404 g/mol. The Balaban J connectivity index is 1.40. The quantitative estimate of drug-likeness (QED) is 0.596. The van der Waals surface area contributed by atoms with Crippen molar-refractivity contribution < 1.29 is 24.1 Å². The second kappa shape index (κ2) is 8.69. The minimum Gasteiger partial charge on any atom is -0.489 e. The molecular formula is C25H24O5. The zero-order valence-corrected chi connectivity index (χ0v) is 16.8. The standard InChI is InChI=1S/C25H24O5/c1-18-5-7-20(8-6-18)21-4-2-3-19(13-21)14-29-23-11-9-22(10-12-23)25(16-28-17-25)30-15-24(26)27/h2-13H,14-17H2,1H3,(H,26,27). The van der Waals surface area contributed by atoms with Gasteiger partial charge in [-0.15, -0.1) is 0 Å². The zero-order chi connectivity index (χ0) is 21.0. The molecule has 1 heterocycles. The summed E-state index contributed by atoms with van der Waals surface area (Å²) in [7, 11) is 0. The van der Waals surface area contributed by atoms with Crippen LogP contribution in [0.15, 0.2) is 72.8 Å². The van der Waals surface area contributed by atoms with Crippen molar-refractivity contribution in [1.82, 2.24) is 0 Å². The topological polar surface area (TPSA) is 65.0 Å². The van der Waals surface area contributed by atoms with E-state index < -0.39 is 11.6 Å². The summed E-state index contributed by atoms with van der Waals surface area (Å²) in [6.45, 7) is 2.90. The van der Waals surface area contributed by atoms with E-state index in [1.807, 2.05) is 36.4 Å². The first-order valence-corrected chi connectivity index (χ1v) is 9.87. The SMILES string of the molecule is Cc1ccc(-c2cccc(COc3ccc(C4(OCC(=O)O)COC4)cc3)c2)cc1. The van der Waals surface area contributed by atoms with Gasteiger partial charge in [0.15, 0.2) is 0 Å². The lowest BCUT2D eigenvalue weighted by atomic mass is 9.91. The fraction of sp³-hybridized carbons (Fsp3) is 0.240. The predicted molar refractivity (Wildman–Crippen MR) is 113 cm³/mol. The Bertz CT molecular complexity index is 1000. The number of carbonyl (C=O) groups is 1. The van der Waals surface area contributed by atoms with Crippen molar-refractivity contribution in [2.24, 2.45) is 0 Å². The van der Waals surface area contributed by atoms with Gasteiger partial charge in [0.2, 0.25) is 0 Å². The molecular weight excluding hydrogens is 380 g/mol. The highest BCUT2D eigenvalue weighted by atomic mass is 16.6. The van der Waals surface area contributed by atoms with Crippen LogP contribution in [-0.4, -0.2) is 30.9 Å². The number of aliphatic carboxylic acids is 1. The Morgan fingerprint density at radius 2 is 1.73 bits per heavy atom. The van der Waals surface area contributed by atoms with Gasteiger partial charge in [-0.25, -0.2) is 4.79 Å². The van der Waals surface area contributed by atoms with Gasteiger partial charge in [0.25, 0.3) is 0 Å². The highest BCUT2D eigenvalue weighted by Crippen LogP contribution is 2.34. The molecule has 0 unspecified atom stereocenters. The predicted octanol–water partition coefficient (Wildman–Crippen LogP) is 4.57. The number of hydrogen-bond acceptors (Lipinski definition) is 4. The van der Waals surface area contributed by atoms with Gasteiger partial charge in [-0.3, -0.25) is 0 Å². The number of carboxylic acid groups (broad SMARTS) is 1. The van der Waals surface area contributed by atoms with Crippen LogP contribution in [0.3, 0.4) is 0 Å². The molecule has 0 radical (unpaired) electrons.